The van der Waals surface area contributed by atoms with Gasteiger partial charge in [0.25, 0.3) is 0 Å². The zero-order valence-electron chi connectivity index (χ0n) is 27.5. The van der Waals surface area contributed by atoms with Crippen LogP contribution in [0.2, 0.25) is 36.3 Å². The zero-order chi connectivity index (χ0) is 29.6. The highest BCUT2D eigenvalue weighted by Crippen LogP contribution is 2.59. The van der Waals surface area contributed by atoms with Crippen LogP contribution in [0.5, 0.6) is 0 Å². The van der Waals surface area contributed by atoms with Gasteiger partial charge in [0.2, 0.25) is 0 Å². The monoisotopic (exact) mass is 572 g/mol. The lowest BCUT2D eigenvalue weighted by molar-refractivity contribution is -0.113. The molecule has 3 aliphatic rings. The van der Waals surface area contributed by atoms with Gasteiger partial charge in [0.15, 0.2) is 16.6 Å². The number of carbonyl (C=O) groups is 1. The van der Waals surface area contributed by atoms with Crippen molar-refractivity contribution in [3.8, 4) is 0 Å². The minimum atomic E-state index is -1.97. The van der Waals surface area contributed by atoms with Crippen LogP contribution in [0.1, 0.15) is 100 Å². The van der Waals surface area contributed by atoms with Gasteiger partial charge < -0.3 is 13.6 Å². The van der Waals surface area contributed by atoms with Crippen molar-refractivity contribution in [2.24, 2.45) is 23.2 Å². The average molecular weight is 573 g/mol. The molecule has 0 aromatic rings. The van der Waals surface area contributed by atoms with Crippen molar-refractivity contribution in [1.82, 2.24) is 0 Å². The van der Waals surface area contributed by atoms with Crippen LogP contribution in [-0.2, 0) is 13.6 Å². The molecule has 2 unspecified atom stereocenters. The van der Waals surface area contributed by atoms with E-state index in [1.165, 1.54) is 44.0 Å². The summed E-state index contributed by atoms with van der Waals surface area (Å²) in [7, 11) is -3.89. The molecule has 222 valence electrons. The fourth-order valence-corrected chi connectivity index (χ4v) is 9.67. The van der Waals surface area contributed by atoms with Crippen LogP contribution < -0.4 is 0 Å². The summed E-state index contributed by atoms with van der Waals surface area (Å²) in [6.07, 6.45) is 14.0. The van der Waals surface area contributed by atoms with Crippen molar-refractivity contribution >= 4 is 22.9 Å². The molecule has 5 heteroatoms. The number of rotatable bonds is 7. The van der Waals surface area contributed by atoms with Gasteiger partial charge in [-0.15, -0.1) is 0 Å². The molecule has 39 heavy (non-hydrogen) atoms. The first-order chi connectivity index (χ1) is 17.7. The van der Waals surface area contributed by atoms with Crippen molar-refractivity contribution in [2.45, 2.75) is 149 Å². The van der Waals surface area contributed by atoms with Gasteiger partial charge in [-0.2, -0.15) is 0 Å². The van der Waals surface area contributed by atoms with E-state index in [9.17, 15) is 4.79 Å². The van der Waals surface area contributed by atoms with E-state index in [0.717, 1.165) is 18.4 Å². The van der Waals surface area contributed by atoms with Crippen LogP contribution >= 0.6 is 0 Å². The van der Waals surface area contributed by atoms with Gasteiger partial charge in [0.05, 0.1) is 12.2 Å². The van der Waals surface area contributed by atoms with Gasteiger partial charge in [0.1, 0.15) is 6.29 Å². The Hall–Kier alpha value is -0.756. The van der Waals surface area contributed by atoms with Crippen molar-refractivity contribution < 1.29 is 13.6 Å². The molecule has 0 radical (unpaired) electrons. The third-order valence-electron chi connectivity index (χ3n) is 11.6. The number of allylic oxidation sites excluding steroid dienone is 3. The molecular formula is C34H60O3Si2. The highest BCUT2D eigenvalue weighted by Gasteiger charge is 2.51. The van der Waals surface area contributed by atoms with E-state index in [0.29, 0.717) is 11.8 Å². The lowest BCUT2D eigenvalue weighted by atomic mass is 9.61. The largest absolute Gasteiger partial charge is 0.413 e. The van der Waals surface area contributed by atoms with E-state index in [4.69, 9.17) is 8.85 Å². The number of hydrogen-bond donors (Lipinski definition) is 0. The minimum Gasteiger partial charge on any atom is -0.413 e. The Labute approximate surface area is 243 Å². The maximum atomic E-state index is 11.7. The third kappa shape index (κ3) is 6.84. The van der Waals surface area contributed by atoms with Crippen molar-refractivity contribution in [3.63, 3.8) is 0 Å². The molecule has 0 bridgehead atoms. The zero-order valence-corrected chi connectivity index (χ0v) is 29.5. The first-order valence-corrected chi connectivity index (χ1v) is 21.4. The lowest BCUT2D eigenvalue weighted by Crippen LogP contribution is -2.49. The molecular weight excluding hydrogens is 513 g/mol. The standard InChI is InChI=1S/C34H60O3Si2/c1-24(23-35)29-18-19-30-26(15-14-20-34(29,30)9)16-17-27-21-28(36-38(10,11)32(3,4)5)22-31(25(27)2)37-39(12,13)33(6,7)8/h16-17,23-24,28-31H,2,14-15,18-22H2,1,3-13H3/b26-16+,27-17+/t24-,28-,29?,30?,31+,34-/m1/s1. The summed E-state index contributed by atoms with van der Waals surface area (Å²) in [4.78, 5) is 11.7. The van der Waals surface area contributed by atoms with E-state index in [-0.39, 0.29) is 33.6 Å². The van der Waals surface area contributed by atoms with E-state index in [2.05, 4.69) is 100 Å². The molecule has 6 atom stereocenters. The lowest BCUT2D eigenvalue weighted by Gasteiger charge is -2.45. The number of hydrogen-bond acceptors (Lipinski definition) is 3. The van der Waals surface area contributed by atoms with Gasteiger partial charge >= 0.3 is 0 Å². The number of aldehydes is 1. The SMILES string of the molecule is C=C1/C(=C/C=C2\CCC[C@@]3(C)C2CCC3[C@H](C)C=O)C[C@@H](O[Si](C)(C)C(C)(C)C)C[C@@H]1O[Si](C)(C)C(C)(C)C. The highest BCUT2D eigenvalue weighted by molar-refractivity contribution is 6.74. The molecule has 3 rings (SSSR count). The molecule has 0 aromatic heterocycles. The molecule has 3 aliphatic carbocycles. The van der Waals surface area contributed by atoms with E-state index in [1.54, 1.807) is 5.57 Å². The van der Waals surface area contributed by atoms with Crippen molar-refractivity contribution in [2.75, 3.05) is 0 Å². The van der Waals surface area contributed by atoms with Gasteiger partial charge in [-0.25, -0.2) is 0 Å². The second-order valence-electron chi connectivity index (χ2n) is 16.4. The molecule has 0 saturated heterocycles. The summed E-state index contributed by atoms with van der Waals surface area (Å²) >= 11 is 0. The predicted molar refractivity (Wildman–Crippen MR) is 172 cm³/mol. The van der Waals surface area contributed by atoms with Crippen LogP contribution in [0, 0.1) is 23.2 Å². The molecule has 3 saturated carbocycles. The minimum absolute atomic E-state index is 0.0139. The fraction of sp³-hybridized carbons (Fsp3) is 0.794. The van der Waals surface area contributed by atoms with E-state index >= 15 is 0 Å². The van der Waals surface area contributed by atoms with Gasteiger partial charge in [-0.3, -0.25) is 0 Å². The maximum absolute atomic E-state index is 11.7. The Morgan fingerprint density at radius 2 is 1.56 bits per heavy atom. The molecule has 0 aliphatic heterocycles. The Balaban J connectivity index is 1.93. The first-order valence-electron chi connectivity index (χ1n) is 15.6. The number of carbonyl (C=O) groups excluding carboxylic acids is 1. The number of fused-ring (bicyclic) bond motifs is 1. The molecule has 0 aromatic carbocycles. The Morgan fingerprint density at radius 1 is 0.974 bits per heavy atom. The van der Waals surface area contributed by atoms with Gasteiger partial charge in [0, 0.05) is 12.3 Å². The van der Waals surface area contributed by atoms with Crippen LogP contribution in [0.3, 0.4) is 0 Å². The average Bonchev–Trinajstić information content (AvgIpc) is 3.15. The van der Waals surface area contributed by atoms with Crippen molar-refractivity contribution in [1.29, 1.82) is 0 Å². The van der Waals surface area contributed by atoms with Gasteiger partial charge in [-0.1, -0.05) is 79.7 Å². The Bertz CT molecular complexity index is 977. The molecule has 0 N–H and O–H groups in total. The smallest absolute Gasteiger partial charge is 0.192 e. The molecule has 3 fully saturated rings. The highest BCUT2D eigenvalue weighted by atomic mass is 28.4. The summed E-state index contributed by atoms with van der Waals surface area (Å²) < 4.78 is 14.0. The maximum Gasteiger partial charge on any atom is 0.192 e. The molecule has 0 heterocycles. The van der Waals surface area contributed by atoms with Gasteiger partial charge in [-0.05, 0) is 103 Å². The second-order valence-corrected chi connectivity index (χ2v) is 25.9. The van der Waals surface area contributed by atoms with Crippen molar-refractivity contribution in [3.05, 3.63) is 35.5 Å². The van der Waals surface area contributed by atoms with E-state index in [1.807, 2.05) is 0 Å². The topological polar surface area (TPSA) is 35.5 Å². The summed E-state index contributed by atoms with van der Waals surface area (Å²) in [5.41, 5.74) is 4.29. The molecule has 0 spiro atoms. The third-order valence-corrected chi connectivity index (χ3v) is 20.6. The Kier molecular flexibility index (Phi) is 9.65. The summed E-state index contributed by atoms with van der Waals surface area (Å²) in [5.74, 6) is 1.24. The first kappa shape index (κ1) is 32.8. The van der Waals surface area contributed by atoms with Crippen LogP contribution in [0.25, 0.3) is 0 Å². The van der Waals surface area contributed by atoms with Crippen LogP contribution in [-0.4, -0.2) is 35.1 Å². The molecule has 0 amide bonds. The van der Waals surface area contributed by atoms with E-state index < -0.39 is 16.6 Å². The quantitative estimate of drug-likeness (QED) is 0.225. The second kappa shape index (κ2) is 11.5. The summed E-state index contributed by atoms with van der Waals surface area (Å²) in [6, 6.07) is 0. The molecule has 3 nitrogen and oxygen atoms in total. The summed E-state index contributed by atoms with van der Waals surface area (Å²) in [6.45, 7) is 32.6. The summed E-state index contributed by atoms with van der Waals surface area (Å²) in [5, 5.41) is 0.323. The predicted octanol–water partition coefficient (Wildman–Crippen LogP) is 10.0. The Morgan fingerprint density at radius 3 is 2.13 bits per heavy atom. The fourth-order valence-electron chi connectivity index (χ4n) is 7.00. The normalized spacial score (nSPS) is 33.9. The van der Waals surface area contributed by atoms with Crippen LogP contribution in [0.4, 0.5) is 0 Å². The van der Waals surface area contributed by atoms with Crippen LogP contribution in [0.15, 0.2) is 35.5 Å².